The number of hydrogen-bond acceptors (Lipinski definition) is 3. The van der Waals surface area contributed by atoms with E-state index in [4.69, 9.17) is 10.3 Å². The molecular weight excluding hydrogens is 206 g/mol. The molecule has 0 radical (unpaired) electrons. The Balaban J connectivity index is 3.39. The zero-order chi connectivity index (χ0) is 10.6. The molecule has 7 heteroatoms. The number of benzene rings is 1. The molecule has 0 fully saturated rings. The highest BCUT2D eigenvalue weighted by molar-refractivity contribution is 7.90. The van der Waals surface area contributed by atoms with Crippen LogP contribution < -0.4 is 4.74 Å². The van der Waals surface area contributed by atoms with Crippen LogP contribution in [0.1, 0.15) is 0 Å². The second-order valence-corrected chi connectivity index (χ2v) is 3.85. The molecular formula is C7H7N3O3S. The van der Waals surface area contributed by atoms with Gasteiger partial charge in [-0.2, -0.15) is 0 Å². The van der Waals surface area contributed by atoms with Gasteiger partial charge in [-0.05, 0) is 17.7 Å². The van der Waals surface area contributed by atoms with E-state index in [1.165, 1.54) is 25.3 Å². The zero-order valence-corrected chi connectivity index (χ0v) is 8.10. The molecule has 0 saturated carbocycles. The van der Waals surface area contributed by atoms with Gasteiger partial charge in [-0.25, -0.2) is 8.42 Å². The third-order valence-electron chi connectivity index (χ3n) is 1.49. The van der Waals surface area contributed by atoms with Gasteiger partial charge in [-0.1, -0.05) is 12.1 Å². The van der Waals surface area contributed by atoms with E-state index in [0.29, 0.717) is 0 Å². The molecule has 0 saturated heterocycles. The van der Waals surface area contributed by atoms with Crippen LogP contribution in [0.25, 0.3) is 10.4 Å². The third kappa shape index (κ3) is 1.95. The van der Waals surface area contributed by atoms with Gasteiger partial charge in [0.1, 0.15) is 10.6 Å². The normalized spacial score (nSPS) is 10.4. The van der Waals surface area contributed by atoms with Crippen LogP contribution >= 0.6 is 0 Å². The van der Waals surface area contributed by atoms with Crippen molar-refractivity contribution in [3.8, 4) is 5.75 Å². The molecule has 14 heavy (non-hydrogen) atoms. The molecule has 0 aliphatic carbocycles. The van der Waals surface area contributed by atoms with E-state index in [1.807, 2.05) is 0 Å². The fourth-order valence-corrected chi connectivity index (χ4v) is 1.76. The molecule has 6 nitrogen and oxygen atoms in total. The standard InChI is InChI=1S/C7H7N3O3S/c1-13-6-4-2-3-5-7(6)14(11,12)10-9-8/h2-5H,1H3. The second kappa shape index (κ2) is 3.99. The SMILES string of the molecule is COc1ccccc1S(=O)(=O)N=[N+]=[N-]. The van der Waals surface area contributed by atoms with Gasteiger partial charge in [0.05, 0.1) is 7.11 Å². The summed E-state index contributed by atoms with van der Waals surface area (Å²) in [7, 11) is -2.63. The predicted molar refractivity (Wildman–Crippen MR) is 49.3 cm³/mol. The summed E-state index contributed by atoms with van der Waals surface area (Å²) in [6.07, 6.45) is 0. The minimum atomic E-state index is -3.97. The van der Waals surface area contributed by atoms with Gasteiger partial charge in [-0.3, -0.25) is 0 Å². The Labute approximate surface area is 80.8 Å². The largest absolute Gasteiger partial charge is 0.495 e. The quantitative estimate of drug-likeness (QED) is 0.434. The maximum atomic E-state index is 11.3. The van der Waals surface area contributed by atoms with Crippen LogP contribution in [-0.4, -0.2) is 15.5 Å². The Morgan fingerprint density at radius 2 is 2.07 bits per heavy atom. The number of ether oxygens (including phenoxy) is 1. The molecule has 0 aliphatic rings. The lowest BCUT2D eigenvalue weighted by Gasteiger charge is -2.04. The first-order valence-electron chi connectivity index (χ1n) is 3.56. The van der Waals surface area contributed by atoms with Crippen molar-refractivity contribution in [2.24, 2.45) is 4.52 Å². The maximum Gasteiger partial charge on any atom is 0.267 e. The van der Waals surface area contributed by atoms with Crippen molar-refractivity contribution >= 4 is 10.0 Å². The smallest absolute Gasteiger partial charge is 0.267 e. The predicted octanol–water partition coefficient (Wildman–Crippen LogP) is 1.69. The lowest BCUT2D eigenvalue weighted by Crippen LogP contribution is -1.98. The molecule has 0 amide bonds. The summed E-state index contributed by atoms with van der Waals surface area (Å²) in [6.45, 7) is 0. The molecule has 1 rings (SSSR count). The molecule has 0 unspecified atom stereocenters. The average molecular weight is 213 g/mol. The number of sulfonamides is 1. The minimum absolute atomic E-state index is 0.139. The summed E-state index contributed by atoms with van der Waals surface area (Å²) < 4.78 is 30.1. The first-order valence-corrected chi connectivity index (χ1v) is 5.00. The molecule has 0 spiro atoms. The summed E-state index contributed by atoms with van der Waals surface area (Å²) in [6, 6.07) is 5.92. The molecule has 0 aliphatic heterocycles. The van der Waals surface area contributed by atoms with Crippen molar-refractivity contribution in [1.29, 1.82) is 0 Å². The molecule has 0 aromatic heterocycles. The van der Waals surface area contributed by atoms with Gasteiger partial charge in [0.25, 0.3) is 10.0 Å². The summed E-state index contributed by atoms with van der Waals surface area (Å²) in [4.78, 5) is 2.10. The molecule has 0 heterocycles. The summed E-state index contributed by atoms with van der Waals surface area (Å²) in [5.74, 6) is 0.153. The molecule has 74 valence electrons. The fourth-order valence-electron chi connectivity index (χ4n) is 0.924. The molecule has 0 atom stereocenters. The highest BCUT2D eigenvalue weighted by Crippen LogP contribution is 2.24. The van der Waals surface area contributed by atoms with E-state index in [2.05, 4.69) is 9.43 Å². The Morgan fingerprint density at radius 1 is 1.43 bits per heavy atom. The fraction of sp³-hybridized carbons (Fsp3) is 0.143. The van der Waals surface area contributed by atoms with E-state index in [-0.39, 0.29) is 10.6 Å². The minimum Gasteiger partial charge on any atom is -0.495 e. The van der Waals surface area contributed by atoms with Crippen LogP contribution in [-0.2, 0) is 10.0 Å². The van der Waals surface area contributed by atoms with Crippen molar-refractivity contribution in [1.82, 2.24) is 0 Å². The molecule has 1 aromatic carbocycles. The average Bonchev–Trinajstić information content (AvgIpc) is 2.18. The summed E-state index contributed by atoms with van der Waals surface area (Å²) in [5, 5.41) is 0. The van der Waals surface area contributed by atoms with Crippen LogP contribution in [0, 0.1) is 0 Å². The van der Waals surface area contributed by atoms with Gasteiger partial charge < -0.3 is 4.74 Å². The van der Waals surface area contributed by atoms with Crippen molar-refractivity contribution in [3.05, 3.63) is 34.7 Å². The summed E-state index contributed by atoms with van der Waals surface area (Å²) >= 11 is 0. The van der Waals surface area contributed by atoms with Gasteiger partial charge >= 0.3 is 0 Å². The van der Waals surface area contributed by atoms with E-state index < -0.39 is 10.0 Å². The maximum absolute atomic E-state index is 11.3. The van der Waals surface area contributed by atoms with Crippen LogP contribution in [0.3, 0.4) is 0 Å². The molecule has 0 bridgehead atoms. The van der Waals surface area contributed by atoms with E-state index in [9.17, 15) is 8.42 Å². The number of nitrogens with zero attached hydrogens (tertiary/aromatic N) is 3. The van der Waals surface area contributed by atoms with Gasteiger partial charge in [-0.15, -0.1) is 0 Å². The number of azide groups is 1. The topological polar surface area (TPSA) is 92.1 Å². The zero-order valence-electron chi connectivity index (χ0n) is 7.28. The molecule has 0 N–H and O–H groups in total. The third-order valence-corrected chi connectivity index (χ3v) is 2.67. The first kappa shape index (κ1) is 10.4. The van der Waals surface area contributed by atoms with Crippen LogP contribution in [0.5, 0.6) is 5.75 Å². The van der Waals surface area contributed by atoms with Crippen molar-refractivity contribution in [2.75, 3.05) is 7.11 Å². The van der Waals surface area contributed by atoms with Gasteiger partial charge in [0, 0.05) is 9.43 Å². The second-order valence-electron chi connectivity index (χ2n) is 2.30. The van der Waals surface area contributed by atoms with Crippen LogP contribution in [0.2, 0.25) is 0 Å². The van der Waals surface area contributed by atoms with Crippen molar-refractivity contribution < 1.29 is 13.2 Å². The number of rotatable bonds is 3. The lowest BCUT2D eigenvalue weighted by molar-refractivity contribution is 0.403. The van der Waals surface area contributed by atoms with E-state index >= 15 is 0 Å². The number of hydrogen-bond donors (Lipinski definition) is 0. The Bertz CT molecular complexity index is 477. The number of methoxy groups -OCH3 is 1. The summed E-state index contributed by atoms with van der Waals surface area (Å²) in [5.41, 5.74) is 8.07. The van der Waals surface area contributed by atoms with Crippen LogP contribution in [0.15, 0.2) is 33.7 Å². The van der Waals surface area contributed by atoms with E-state index in [1.54, 1.807) is 6.07 Å². The highest BCUT2D eigenvalue weighted by atomic mass is 32.2. The Kier molecular flexibility index (Phi) is 2.95. The van der Waals surface area contributed by atoms with Crippen LogP contribution in [0.4, 0.5) is 0 Å². The van der Waals surface area contributed by atoms with Gasteiger partial charge in [0.15, 0.2) is 0 Å². The van der Waals surface area contributed by atoms with Crippen molar-refractivity contribution in [3.63, 3.8) is 0 Å². The van der Waals surface area contributed by atoms with Gasteiger partial charge in [0.2, 0.25) is 0 Å². The lowest BCUT2D eigenvalue weighted by atomic mass is 10.3. The highest BCUT2D eigenvalue weighted by Gasteiger charge is 2.16. The number of para-hydroxylation sites is 1. The Morgan fingerprint density at radius 3 is 2.64 bits per heavy atom. The first-order chi connectivity index (χ1) is 6.61. The van der Waals surface area contributed by atoms with E-state index in [0.717, 1.165) is 0 Å². The van der Waals surface area contributed by atoms with Crippen molar-refractivity contribution in [2.45, 2.75) is 4.90 Å². The Hall–Kier alpha value is -1.72. The monoisotopic (exact) mass is 213 g/mol. The molecule has 1 aromatic rings.